The topological polar surface area (TPSA) is 58.2 Å². The predicted molar refractivity (Wildman–Crippen MR) is 88.5 cm³/mol. The van der Waals surface area contributed by atoms with Gasteiger partial charge in [-0.1, -0.05) is 26.0 Å². The third-order valence-electron chi connectivity index (χ3n) is 4.14. The predicted octanol–water partition coefficient (Wildman–Crippen LogP) is 2.34. The maximum absolute atomic E-state index is 12.3. The molecule has 0 atom stereocenters. The van der Waals surface area contributed by atoms with E-state index in [0.29, 0.717) is 11.4 Å². The van der Waals surface area contributed by atoms with Gasteiger partial charge in [-0.3, -0.25) is 0 Å². The number of aryl methyl sites for hydroxylation is 1. The van der Waals surface area contributed by atoms with Gasteiger partial charge in [-0.2, -0.15) is 0 Å². The van der Waals surface area contributed by atoms with Gasteiger partial charge in [-0.05, 0) is 55.5 Å². The molecule has 0 amide bonds. The number of sulfonamides is 1. The van der Waals surface area contributed by atoms with Crippen LogP contribution in [0.15, 0.2) is 29.2 Å². The first-order chi connectivity index (χ1) is 9.45. The molecule has 0 aliphatic carbocycles. The van der Waals surface area contributed by atoms with E-state index in [1.807, 2.05) is 12.1 Å². The number of rotatable bonds is 5. The van der Waals surface area contributed by atoms with Gasteiger partial charge in [-0.15, -0.1) is 12.4 Å². The Morgan fingerprint density at radius 2 is 1.76 bits per heavy atom. The molecule has 1 heterocycles. The fraction of sp³-hybridized carbons (Fsp3) is 0.600. The van der Waals surface area contributed by atoms with Crippen molar-refractivity contribution in [2.24, 2.45) is 5.41 Å². The van der Waals surface area contributed by atoms with E-state index in [2.05, 4.69) is 23.9 Å². The highest BCUT2D eigenvalue weighted by Crippen LogP contribution is 2.27. The lowest BCUT2D eigenvalue weighted by molar-refractivity contribution is 0.232. The standard InChI is InChI=1S/C15H24N2O2S.ClH/c1-3-13-4-6-14(7-5-13)20(18,19)17-12-15(2)8-10-16-11-9-15;/h4-7,16-17H,3,8-12H2,1-2H3;1H. The molecular weight excluding hydrogens is 308 g/mol. The summed E-state index contributed by atoms with van der Waals surface area (Å²) in [5, 5.41) is 3.30. The fourth-order valence-corrected chi connectivity index (χ4v) is 3.66. The molecule has 0 spiro atoms. The van der Waals surface area contributed by atoms with Crippen molar-refractivity contribution in [3.8, 4) is 0 Å². The van der Waals surface area contributed by atoms with Crippen LogP contribution in [0.3, 0.4) is 0 Å². The SMILES string of the molecule is CCc1ccc(S(=O)(=O)NCC2(C)CCNCC2)cc1.Cl. The zero-order chi connectivity index (χ0) is 14.6. The Morgan fingerprint density at radius 3 is 2.29 bits per heavy atom. The van der Waals surface area contributed by atoms with Gasteiger partial charge in [0.15, 0.2) is 0 Å². The van der Waals surface area contributed by atoms with Crippen LogP contribution in [0.1, 0.15) is 32.3 Å². The van der Waals surface area contributed by atoms with Crippen LogP contribution in [-0.4, -0.2) is 28.1 Å². The van der Waals surface area contributed by atoms with Crippen molar-refractivity contribution in [1.82, 2.24) is 10.0 Å². The van der Waals surface area contributed by atoms with Crippen molar-refractivity contribution in [3.63, 3.8) is 0 Å². The number of hydrogen-bond donors (Lipinski definition) is 2. The summed E-state index contributed by atoms with van der Waals surface area (Å²) in [4.78, 5) is 0.354. The van der Waals surface area contributed by atoms with Crippen molar-refractivity contribution >= 4 is 22.4 Å². The van der Waals surface area contributed by atoms with Crippen molar-refractivity contribution in [2.45, 2.75) is 38.0 Å². The van der Waals surface area contributed by atoms with Crippen LogP contribution in [0.2, 0.25) is 0 Å². The molecule has 1 aromatic rings. The summed E-state index contributed by atoms with van der Waals surface area (Å²) in [5.41, 5.74) is 1.20. The minimum Gasteiger partial charge on any atom is -0.317 e. The molecule has 1 fully saturated rings. The summed E-state index contributed by atoms with van der Waals surface area (Å²) >= 11 is 0. The lowest BCUT2D eigenvalue weighted by atomic mass is 9.81. The lowest BCUT2D eigenvalue weighted by Gasteiger charge is -2.34. The van der Waals surface area contributed by atoms with Crippen LogP contribution >= 0.6 is 12.4 Å². The van der Waals surface area contributed by atoms with Crippen LogP contribution in [-0.2, 0) is 16.4 Å². The highest BCUT2D eigenvalue weighted by Gasteiger charge is 2.28. The summed E-state index contributed by atoms with van der Waals surface area (Å²) < 4.78 is 27.3. The zero-order valence-corrected chi connectivity index (χ0v) is 14.3. The molecule has 1 aliphatic heterocycles. The Kier molecular flexibility index (Phi) is 6.66. The first kappa shape index (κ1) is 18.4. The van der Waals surface area contributed by atoms with Gasteiger partial charge in [0.25, 0.3) is 0 Å². The first-order valence-corrected chi connectivity index (χ1v) is 8.73. The molecule has 0 saturated carbocycles. The monoisotopic (exact) mass is 332 g/mol. The molecule has 21 heavy (non-hydrogen) atoms. The largest absolute Gasteiger partial charge is 0.317 e. The molecule has 120 valence electrons. The zero-order valence-electron chi connectivity index (χ0n) is 12.7. The second kappa shape index (κ2) is 7.58. The number of halogens is 1. The van der Waals surface area contributed by atoms with Crippen LogP contribution in [0.5, 0.6) is 0 Å². The number of piperidine rings is 1. The minimum atomic E-state index is -3.39. The van der Waals surface area contributed by atoms with Crippen molar-refractivity contribution in [2.75, 3.05) is 19.6 Å². The molecule has 4 nitrogen and oxygen atoms in total. The molecule has 1 saturated heterocycles. The van der Waals surface area contributed by atoms with E-state index in [1.165, 1.54) is 0 Å². The van der Waals surface area contributed by atoms with Gasteiger partial charge in [0, 0.05) is 6.54 Å². The first-order valence-electron chi connectivity index (χ1n) is 7.24. The smallest absolute Gasteiger partial charge is 0.240 e. The van der Waals surface area contributed by atoms with Crippen LogP contribution < -0.4 is 10.0 Å². The van der Waals surface area contributed by atoms with E-state index < -0.39 is 10.0 Å². The Morgan fingerprint density at radius 1 is 1.19 bits per heavy atom. The minimum absolute atomic E-state index is 0. The molecule has 6 heteroatoms. The number of nitrogens with one attached hydrogen (secondary N) is 2. The summed E-state index contributed by atoms with van der Waals surface area (Å²) in [7, 11) is -3.39. The molecule has 0 radical (unpaired) electrons. The second-order valence-electron chi connectivity index (χ2n) is 5.88. The molecule has 0 unspecified atom stereocenters. The second-order valence-corrected chi connectivity index (χ2v) is 7.65. The summed E-state index contributed by atoms with van der Waals surface area (Å²) in [6.07, 6.45) is 2.92. The highest BCUT2D eigenvalue weighted by atomic mass is 35.5. The van der Waals surface area contributed by atoms with Gasteiger partial charge in [0.2, 0.25) is 10.0 Å². The molecule has 2 N–H and O–H groups in total. The average molecular weight is 333 g/mol. The Balaban J connectivity index is 0.00000220. The van der Waals surface area contributed by atoms with Crippen LogP contribution in [0.4, 0.5) is 0 Å². The summed E-state index contributed by atoms with van der Waals surface area (Å²) in [5.74, 6) is 0. The Labute approximate surface area is 134 Å². The Hall–Kier alpha value is -0.620. The summed E-state index contributed by atoms with van der Waals surface area (Å²) in [6, 6.07) is 7.12. The maximum Gasteiger partial charge on any atom is 0.240 e. The van der Waals surface area contributed by atoms with E-state index >= 15 is 0 Å². The number of benzene rings is 1. The molecule has 1 aliphatic rings. The molecular formula is C15H25ClN2O2S. The third kappa shape index (κ3) is 4.95. The molecule has 1 aromatic carbocycles. The van der Waals surface area contributed by atoms with Gasteiger partial charge >= 0.3 is 0 Å². The molecule has 2 rings (SSSR count). The average Bonchev–Trinajstić information content (AvgIpc) is 2.46. The van der Waals surface area contributed by atoms with Crippen molar-refractivity contribution in [1.29, 1.82) is 0 Å². The van der Waals surface area contributed by atoms with E-state index in [-0.39, 0.29) is 17.8 Å². The fourth-order valence-electron chi connectivity index (χ4n) is 2.46. The molecule has 0 aromatic heterocycles. The summed E-state index contributed by atoms with van der Waals surface area (Å²) in [6.45, 7) is 6.63. The van der Waals surface area contributed by atoms with E-state index in [4.69, 9.17) is 0 Å². The maximum atomic E-state index is 12.3. The van der Waals surface area contributed by atoms with E-state index in [0.717, 1.165) is 37.9 Å². The number of hydrogen-bond acceptors (Lipinski definition) is 3. The van der Waals surface area contributed by atoms with Gasteiger partial charge < -0.3 is 5.32 Å². The third-order valence-corrected chi connectivity index (χ3v) is 5.56. The highest BCUT2D eigenvalue weighted by molar-refractivity contribution is 7.89. The van der Waals surface area contributed by atoms with Gasteiger partial charge in [0.1, 0.15) is 0 Å². The normalized spacial score (nSPS) is 18.0. The van der Waals surface area contributed by atoms with E-state index in [9.17, 15) is 8.42 Å². The van der Waals surface area contributed by atoms with Crippen molar-refractivity contribution < 1.29 is 8.42 Å². The molecule has 0 bridgehead atoms. The van der Waals surface area contributed by atoms with Crippen LogP contribution in [0.25, 0.3) is 0 Å². The van der Waals surface area contributed by atoms with E-state index in [1.54, 1.807) is 12.1 Å². The quantitative estimate of drug-likeness (QED) is 0.870. The van der Waals surface area contributed by atoms with Gasteiger partial charge in [0.05, 0.1) is 4.90 Å². The van der Waals surface area contributed by atoms with Gasteiger partial charge in [-0.25, -0.2) is 13.1 Å². The van der Waals surface area contributed by atoms with Crippen LogP contribution in [0, 0.1) is 5.41 Å². The van der Waals surface area contributed by atoms with Crippen molar-refractivity contribution in [3.05, 3.63) is 29.8 Å². The lowest BCUT2D eigenvalue weighted by Crippen LogP contribution is -2.42. The Bertz CT molecular complexity index is 537.